The van der Waals surface area contributed by atoms with Crippen molar-refractivity contribution in [3.63, 3.8) is 0 Å². The van der Waals surface area contributed by atoms with Gasteiger partial charge < -0.3 is 9.84 Å². The molecule has 0 fully saturated rings. The van der Waals surface area contributed by atoms with Gasteiger partial charge in [-0.05, 0) is 12.3 Å². The number of aliphatic carboxylic acids is 1. The number of rotatable bonds is 11. The van der Waals surface area contributed by atoms with Gasteiger partial charge in [0.15, 0.2) is 0 Å². The third kappa shape index (κ3) is 10.2. The average Bonchev–Trinajstić information content (AvgIpc) is 2.28. The van der Waals surface area contributed by atoms with Crippen molar-refractivity contribution >= 4 is 5.97 Å². The normalized spacial score (nSPS) is 14.5. The second kappa shape index (κ2) is 10.5. The van der Waals surface area contributed by atoms with Gasteiger partial charge in [0, 0.05) is 6.61 Å². The molecule has 0 aromatic heterocycles. The lowest BCUT2D eigenvalue weighted by Crippen LogP contribution is -2.22. The first-order chi connectivity index (χ1) is 8.07. The smallest absolute Gasteiger partial charge is 0.340 e. The van der Waals surface area contributed by atoms with Crippen molar-refractivity contribution in [2.75, 3.05) is 13.2 Å². The van der Waals surface area contributed by atoms with E-state index in [0.29, 0.717) is 12.5 Å². The summed E-state index contributed by atoms with van der Waals surface area (Å²) in [6, 6.07) is 0. The fourth-order valence-corrected chi connectivity index (χ4v) is 1.62. The van der Waals surface area contributed by atoms with Crippen molar-refractivity contribution in [3.8, 4) is 0 Å². The highest BCUT2D eigenvalue weighted by molar-refractivity contribution is 5.72. The molecular formula is C13H25FO3. The van der Waals surface area contributed by atoms with Gasteiger partial charge in [0.05, 0.1) is 6.61 Å². The number of hydrogen-bond acceptors (Lipinski definition) is 2. The van der Waals surface area contributed by atoms with E-state index in [9.17, 15) is 9.18 Å². The summed E-state index contributed by atoms with van der Waals surface area (Å²) in [5, 5.41) is 8.32. The lowest BCUT2D eigenvalue weighted by atomic mass is 10.0. The molecule has 0 aromatic rings. The Morgan fingerprint density at radius 3 is 2.47 bits per heavy atom. The molecule has 0 amide bonds. The van der Waals surface area contributed by atoms with E-state index >= 15 is 0 Å². The SMILES string of the molecule is CCCCCCCC(C)COCC(F)C(=O)O. The molecule has 1 N–H and O–H groups in total. The largest absolute Gasteiger partial charge is 0.479 e. The van der Waals surface area contributed by atoms with E-state index in [1.807, 2.05) is 6.92 Å². The molecule has 0 saturated carbocycles. The zero-order chi connectivity index (χ0) is 13.1. The summed E-state index contributed by atoms with van der Waals surface area (Å²) in [5.74, 6) is -1.07. The maximum Gasteiger partial charge on any atom is 0.340 e. The van der Waals surface area contributed by atoms with Gasteiger partial charge in [0.1, 0.15) is 0 Å². The molecular weight excluding hydrogens is 223 g/mol. The first kappa shape index (κ1) is 16.4. The Hall–Kier alpha value is -0.640. The first-order valence-electron chi connectivity index (χ1n) is 6.52. The predicted octanol–water partition coefficient (Wildman–Crippen LogP) is 3.42. The second-order valence-corrected chi connectivity index (χ2v) is 4.65. The molecule has 2 unspecified atom stereocenters. The van der Waals surface area contributed by atoms with E-state index in [1.165, 1.54) is 32.1 Å². The van der Waals surface area contributed by atoms with Crippen LogP contribution in [0.4, 0.5) is 4.39 Å². The summed E-state index contributed by atoms with van der Waals surface area (Å²) >= 11 is 0. The van der Waals surface area contributed by atoms with Gasteiger partial charge >= 0.3 is 5.97 Å². The van der Waals surface area contributed by atoms with E-state index in [-0.39, 0.29) is 6.61 Å². The Morgan fingerprint density at radius 1 is 1.24 bits per heavy atom. The lowest BCUT2D eigenvalue weighted by Gasteiger charge is -2.12. The van der Waals surface area contributed by atoms with E-state index < -0.39 is 12.1 Å². The minimum Gasteiger partial charge on any atom is -0.479 e. The quantitative estimate of drug-likeness (QED) is 0.570. The zero-order valence-electron chi connectivity index (χ0n) is 11.0. The number of ether oxygens (including phenoxy) is 1. The summed E-state index contributed by atoms with van der Waals surface area (Å²) in [7, 11) is 0. The van der Waals surface area contributed by atoms with E-state index in [1.54, 1.807) is 0 Å². The number of carbonyl (C=O) groups is 1. The van der Waals surface area contributed by atoms with Gasteiger partial charge in [0.25, 0.3) is 0 Å². The van der Waals surface area contributed by atoms with Crippen molar-refractivity contribution < 1.29 is 19.0 Å². The summed E-state index contributed by atoms with van der Waals surface area (Å²) < 4.78 is 17.7. The van der Waals surface area contributed by atoms with E-state index in [0.717, 1.165) is 6.42 Å². The summed E-state index contributed by atoms with van der Waals surface area (Å²) in [4.78, 5) is 10.2. The minimum absolute atomic E-state index is 0.338. The van der Waals surface area contributed by atoms with Crippen molar-refractivity contribution in [1.29, 1.82) is 0 Å². The van der Waals surface area contributed by atoms with Crippen molar-refractivity contribution in [1.82, 2.24) is 0 Å². The summed E-state index contributed by atoms with van der Waals surface area (Å²) in [6.07, 6.45) is 5.37. The van der Waals surface area contributed by atoms with Crippen LogP contribution in [0.15, 0.2) is 0 Å². The summed E-state index contributed by atoms with van der Waals surface area (Å²) in [6.45, 7) is 4.34. The fourth-order valence-electron chi connectivity index (χ4n) is 1.62. The Kier molecular flexibility index (Phi) is 10.1. The number of carboxylic acids is 1. The summed E-state index contributed by atoms with van der Waals surface area (Å²) in [5.41, 5.74) is 0. The Balaban J connectivity index is 3.34. The molecule has 0 aromatic carbocycles. The topological polar surface area (TPSA) is 46.5 Å². The third-order valence-electron chi connectivity index (χ3n) is 2.73. The maximum atomic E-state index is 12.6. The van der Waals surface area contributed by atoms with Gasteiger partial charge in [-0.2, -0.15) is 0 Å². The van der Waals surface area contributed by atoms with Gasteiger partial charge in [-0.15, -0.1) is 0 Å². The van der Waals surface area contributed by atoms with Crippen LogP contribution < -0.4 is 0 Å². The minimum atomic E-state index is -1.90. The molecule has 0 heterocycles. The van der Waals surface area contributed by atoms with Crippen LogP contribution in [-0.2, 0) is 9.53 Å². The second-order valence-electron chi connectivity index (χ2n) is 4.65. The molecule has 0 rings (SSSR count). The van der Waals surface area contributed by atoms with Gasteiger partial charge in [0.2, 0.25) is 6.17 Å². The Bertz CT molecular complexity index is 197. The lowest BCUT2D eigenvalue weighted by molar-refractivity contribution is -0.145. The van der Waals surface area contributed by atoms with Crippen molar-refractivity contribution in [2.24, 2.45) is 5.92 Å². The molecule has 17 heavy (non-hydrogen) atoms. The zero-order valence-corrected chi connectivity index (χ0v) is 11.0. The molecule has 0 aliphatic heterocycles. The van der Waals surface area contributed by atoms with Crippen LogP contribution in [0.2, 0.25) is 0 Å². The van der Waals surface area contributed by atoms with Crippen LogP contribution in [0.3, 0.4) is 0 Å². The number of carboxylic acid groups (broad SMARTS) is 1. The molecule has 0 bridgehead atoms. The van der Waals surface area contributed by atoms with Crippen LogP contribution >= 0.6 is 0 Å². The molecule has 0 aliphatic carbocycles. The molecule has 3 nitrogen and oxygen atoms in total. The first-order valence-corrected chi connectivity index (χ1v) is 6.52. The fraction of sp³-hybridized carbons (Fsp3) is 0.923. The molecule has 4 heteroatoms. The highest BCUT2D eigenvalue weighted by atomic mass is 19.1. The monoisotopic (exact) mass is 248 g/mol. The predicted molar refractivity (Wildman–Crippen MR) is 65.9 cm³/mol. The highest BCUT2D eigenvalue weighted by Gasteiger charge is 2.15. The van der Waals surface area contributed by atoms with Crippen molar-refractivity contribution in [3.05, 3.63) is 0 Å². The molecule has 102 valence electrons. The third-order valence-corrected chi connectivity index (χ3v) is 2.73. The number of halogens is 1. The van der Waals surface area contributed by atoms with E-state index in [2.05, 4.69) is 6.92 Å². The van der Waals surface area contributed by atoms with Crippen LogP contribution in [0.25, 0.3) is 0 Å². The van der Waals surface area contributed by atoms with Gasteiger partial charge in [-0.3, -0.25) is 0 Å². The Morgan fingerprint density at radius 2 is 1.88 bits per heavy atom. The molecule has 2 atom stereocenters. The van der Waals surface area contributed by atoms with E-state index in [4.69, 9.17) is 9.84 Å². The number of unbranched alkanes of at least 4 members (excludes halogenated alkanes) is 4. The average molecular weight is 248 g/mol. The van der Waals surface area contributed by atoms with Crippen LogP contribution in [0.5, 0.6) is 0 Å². The van der Waals surface area contributed by atoms with Gasteiger partial charge in [-0.1, -0.05) is 46.0 Å². The highest BCUT2D eigenvalue weighted by Crippen LogP contribution is 2.11. The van der Waals surface area contributed by atoms with Gasteiger partial charge in [-0.25, -0.2) is 9.18 Å². The number of hydrogen-bond donors (Lipinski definition) is 1. The number of alkyl halides is 1. The molecule has 0 saturated heterocycles. The standard InChI is InChI=1S/C13H25FO3/c1-3-4-5-6-7-8-11(2)9-17-10-12(14)13(15)16/h11-12H,3-10H2,1-2H3,(H,15,16). The van der Waals surface area contributed by atoms with Crippen LogP contribution in [-0.4, -0.2) is 30.5 Å². The maximum absolute atomic E-state index is 12.6. The Labute approximate surface area is 103 Å². The van der Waals surface area contributed by atoms with Crippen molar-refractivity contribution in [2.45, 2.75) is 58.5 Å². The van der Waals surface area contributed by atoms with Crippen LogP contribution in [0, 0.1) is 5.92 Å². The molecule has 0 spiro atoms. The molecule has 0 aliphatic rings. The molecule has 0 radical (unpaired) electrons. The van der Waals surface area contributed by atoms with Crippen LogP contribution in [0.1, 0.15) is 52.4 Å².